The van der Waals surface area contributed by atoms with E-state index >= 15 is 0 Å². The predicted molar refractivity (Wildman–Crippen MR) is 77.8 cm³/mol. The molecule has 0 aliphatic rings. The molecule has 17 heavy (non-hydrogen) atoms. The fourth-order valence-corrected chi connectivity index (χ4v) is 2.49. The maximum atomic E-state index is 5.63. The quantitative estimate of drug-likeness (QED) is 0.822. The van der Waals surface area contributed by atoms with Gasteiger partial charge in [0.1, 0.15) is 5.82 Å². The second-order valence-corrected chi connectivity index (χ2v) is 5.35. The molecule has 1 heterocycles. The number of benzene rings is 1. The van der Waals surface area contributed by atoms with Gasteiger partial charge in [-0.3, -0.25) is 0 Å². The van der Waals surface area contributed by atoms with Crippen LogP contribution in [-0.4, -0.2) is 4.98 Å². The first-order valence-corrected chi connectivity index (χ1v) is 6.63. The van der Waals surface area contributed by atoms with Crippen molar-refractivity contribution in [3.8, 4) is 0 Å². The van der Waals surface area contributed by atoms with Gasteiger partial charge < -0.3 is 11.1 Å². The minimum Gasteiger partial charge on any atom is -0.399 e. The molecule has 1 aromatic heterocycles. The third kappa shape index (κ3) is 3.44. The molecule has 0 bridgehead atoms. The van der Waals surface area contributed by atoms with Crippen molar-refractivity contribution < 1.29 is 0 Å². The van der Waals surface area contributed by atoms with Gasteiger partial charge in [-0.15, -0.1) is 0 Å². The lowest BCUT2D eigenvalue weighted by Crippen LogP contribution is -2.02. The highest BCUT2D eigenvalue weighted by Crippen LogP contribution is 2.23. The van der Waals surface area contributed by atoms with Crippen molar-refractivity contribution in [3.63, 3.8) is 0 Å². The highest BCUT2D eigenvalue weighted by molar-refractivity contribution is 9.11. The fourth-order valence-electron chi connectivity index (χ4n) is 1.37. The lowest BCUT2D eigenvalue weighted by Gasteiger charge is -2.08. The molecule has 0 fully saturated rings. The Kier molecular flexibility index (Phi) is 4.02. The average Bonchev–Trinajstić information content (AvgIpc) is 2.30. The molecule has 3 nitrogen and oxygen atoms in total. The average molecular weight is 357 g/mol. The Morgan fingerprint density at radius 1 is 1.18 bits per heavy atom. The molecule has 88 valence electrons. The zero-order chi connectivity index (χ0) is 12.3. The Bertz CT molecular complexity index is 512. The van der Waals surface area contributed by atoms with Gasteiger partial charge in [0, 0.05) is 22.9 Å². The number of hydrogen-bond acceptors (Lipinski definition) is 3. The molecule has 0 aliphatic carbocycles. The number of nitrogens with one attached hydrogen (secondary N) is 1. The largest absolute Gasteiger partial charge is 0.399 e. The topological polar surface area (TPSA) is 50.9 Å². The lowest BCUT2D eigenvalue weighted by atomic mass is 10.2. The van der Waals surface area contributed by atoms with Crippen LogP contribution in [0.25, 0.3) is 0 Å². The molecule has 3 N–H and O–H groups in total. The van der Waals surface area contributed by atoms with Crippen LogP contribution in [-0.2, 0) is 6.54 Å². The summed E-state index contributed by atoms with van der Waals surface area (Å²) in [5, 5.41) is 3.26. The number of halogens is 2. The van der Waals surface area contributed by atoms with Crippen molar-refractivity contribution in [1.29, 1.82) is 0 Å². The molecule has 0 aliphatic heterocycles. The van der Waals surface area contributed by atoms with Crippen molar-refractivity contribution in [2.75, 3.05) is 11.1 Å². The lowest BCUT2D eigenvalue weighted by molar-refractivity contribution is 1.10. The number of nitrogen functional groups attached to an aromatic ring is 1. The number of nitrogens with two attached hydrogens (primary N) is 1. The maximum Gasteiger partial charge on any atom is 0.140 e. The van der Waals surface area contributed by atoms with E-state index in [-0.39, 0.29) is 0 Å². The molecule has 0 saturated carbocycles. The van der Waals surface area contributed by atoms with E-state index in [0.717, 1.165) is 26.0 Å². The summed E-state index contributed by atoms with van der Waals surface area (Å²) in [6.07, 6.45) is 1.76. The van der Waals surface area contributed by atoms with E-state index in [4.69, 9.17) is 5.73 Å². The zero-order valence-corrected chi connectivity index (χ0v) is 12.1. The van der Waals surface area contributed by atoms with Gasteiger partial charge in [0.2, 0.25) is 0 Å². The third-order valence-electron chi connectivity index (χ3n) is 2.25. The van der Waals surface area contributed by atoms with Crippen LogP contribution >= 0.6 is 31.9 Å². The maximum absolute atomic E-state index is 5.63. The molecule has 0 atom stereocenters. The Morgan fingerprint density at radius 2 is 1.88 bits per heavy atom. The van der Waals surface area contributed by atoms with Gasteiger partial charge in [-0.2, -0.15) is 0 Å². The van der Waals surface area contributed by atoms with Crippen LogP contribution in [0, 0.1) is 0 Å². The highest BCUT2D eigenvalue weighted by Gasteiger charge is 2.01. The van der Waals surface area contributed by atoms with Crippen LogP contribution < -0.4 is 11.1 Å². The summed E-state index contributed by atoms with van der Waals surface area (Å²) in [4.78, 5) is 4.28. The molecule has 0 saturated heterocycles. The smallest absolute Gasteiger partial charge is 0.140 e. The third-order valence-corrected chi connectivity index (χ3v) is 3.29. The SMILES string of the molecule is Nc1ccc(CNc2ncc(Br)cc2Br)cc1. The van der Waals surface area contributed by atoms with Gasteiger partial charge in [-0.25, -0.2) is 4.98 Å². The van der Waals surface area contributed by atoms with Gasteiger partial charge in [0.25, 0.3) is 0 Å². The van der Waals surface area contributed by atoms with Crippen LogP contribution in [0.3, 0.4) is 0 Å². The van der Waals surface area contributed by atoms with Gasteiger partial charge >= 0.3 is 0 Å². The number of pyridine rings is 1. The first-order chi connectivity index (χ1) is 8.15. The fraction of sp³-hybridized carbons (Fsp3) is 0.0833. The van der Waals surface area contributed by atoms with Crippen LogP contribution in [0.4, 0.5) is 11.5 Å². The summed E-state index contributed by atoms with van der Waals surface area (Å²) >= 11 is 6.82. The minimum atomic E-state index is 0.716. The Balaban J connectivity index is 2.04. The first kappa shape index (κ1) is 12.4. The van der Waals surface area contributed by atoms with E-state index in [1.807, 2.05) is 30.3 Å². The van der Waals surface area contributed by atoms with E-state index in [9.17, 15) is 0 Å². The molecule has 1 aromatic carbocycles. The molecule has 2 aromatic rings. The van der Waals surface area contributed by atoms with E-state index in [1.54, 1.807) is 6.20 Å². The highest BCUT2D eigenvalue weighted by atomic mass is 79.9. The standard InChI is InChI=1S/C12H11Br2N3/c13-9-5-11(14)12(17-7-9)16-6-8-1-3-10(15)4-2-8/h1-5,7H,6,15H2,(H,16,17). The van der Waals surface area contributed by atoms with Crippen molar-refractivity contribution in [2.24, 2.45) is 0 Å². The number of anilines is 2. The van der Waals surface area contributed by atoms with E-state index in [0.29, 0.717) is 6.54 Å². The van der Waals surface area contributed by atoms with Crippen LogP contribution in [0.5, 0.6) is 0 Å². The van der Waals surface area contributed by atoms with E-state index in [2.05, 4.69) is 42.2 Å². The summed E-state index contributed by atoms with van der Waals surface area (Å²) in [6.45, 7) is 0.716. The van der Waals surface area contributed by atoms with Gasteiger partial charge in [-0.1, -0.05) is 12.1 Å². The van der Waals surface area contributed by atoms with E-state index < -0.39 is 0 Å². The molecular weight excluding hydrogens is 346 g/mol. The van der Waals surface area contributed by atoms with Crippen LogP contribution in [0.1, 0.15) is 5.56 Å². The number of hydrogen-bond donors (Lipinski definition) is 2. The molecule has 0 spiro atoms. The Labute approximate surface area is 117 Å². The molecule has 2 rings (SSSR count). The summed E-state index contributed by atoms with van der Waals surface area (Å²) in [5.41, 5.74) is 7.57. The van der Waals surface area contributed by atoms with E-state index in [1.165, 1.54) is 0 Å². The number of nitrogens with zero attached hydrogens (tertiary/aromatic N) is 1. The Hall–Kier alpha value is -1.07. The monoisotopic (exact) mass is 355 g/mol. The predicted octanol–water partition coefficient (Wildman–Crippen LogP) is 3.80. The van der Waals surface area contributed by atoms with Gasteiger partial charge in [-0.05, 0) is 55.6 Å². The number of rotatable bonds is 3. The summed E-state index contributed by atoms with van der Waals surface area (Å²) in [5.74, 6) is 0.824. The number of aromatic nitrogens is 1. The summed E-state index contributed by atoms with van der Waals surface area (Å²) in [7, 11) is 0. The second-order valence-electron chi connectivity index (χ2n) is 3.58. The molecule has 0 amide bonds. The van der Waals surface area contributed by atoms with Crippen molar-refractivity contribution in [1.82, 2.24) is 4.98 Å². The van der Waals surface area contributed by atoms with Crippen molar-refractivity contribution in [2.45, 2.75) is 6.54 Å². The first-order valence-electron chi connectivity index (χ1n) is 5.04. The minimum absolute atomic E-state index is 0.716. The van der Waals surface area contributed by atoms with Crippen LogP contribution in [0.2, 0.25) is 0 Å². The molecule has 0 unspecified atom stereocenters. The molecular formula is C12H11Br2N3. The van der Waals surface area contributed by atoms with Gasteiger partial charge in [0.05, 0.1) is 4.47 Å². The van der Waals surface area contributed by atoms with Crippen LogP contribution in [0.15, 0.2) is 45.5 Å². The second kappa shape index (κ2) is 5.51. The van der Waals surface area contributed by atoms with Crippen molar-refractivity contribution >= 4 is 43.4 Å². The Morgan fingerprint density at radius 3 is 2.53 bits per heavy atom. The molecule has 0 radical (unpaired) electrons. The summed E-state index contributed by atoms with van der Waals surface area (Å²) in [6, 6.07) is 9.73. The zero-order valence-electron chi connectivity index (χ0n) is 8.95. The normalized spacial score (nSPS) is 10.2. The van der Waals surface area contributed by atoms with Crippen molar-refractivity contribution in [3.05, 3.63) is 51.0 Å². The summed E-state index contributed by atoms with van der Waals surface area (Å²) < 4.78 is 1.88. The molecule has 5 heteroatoms. The van der Waals surface area contributed by atoms with Gasteiger partial charge in [0.15, 0.2) is 0 Å².